The first-order chi connectivity index (χ1) is 9.34. The second-order valence-corrected chi connectivity index (χ2v) is 4.11. The fourth-order valence-electron chi connectivity index (χ4n) is 1.86. The summed E-state index contributed by atoms with van der Waals surface area (Å²) in [6, 6.07) is 11.5. The second-order valence-electron chi connectivity index (χ2n) is 4.11. The zero-order chi connectivity index (χ0) is 13.1. The molecule has 0 atom stereocenters. The molecule has 1 amide bonds. The van der Waals surface area contributed by atoms with Gasteiger partial charge in [-0.2, -0.15) is 5.10 Å². The van der Waals surface area contributed by atoms with E-state index in [0.717, 1.165) is 5.56 Å². The summed E-state index contributed by atoms with van der Waals surface area (Å²) in [6.07, 6.45) is 4.93. The van der Waals surface area contributed by atoms with Crippen molar-refractivity contribution in [3.8, 4) is 0 Å². The number of amides is 1. The molecule has 0 spiro atoms. The molecule has 0 radical (unpaired) electrons. The van der Waals surface area contributed by atoms with E-state index in [0.29, 0.717) is 17.8 Å². The molecule has 0 saturated carbocycles. The average molecular weight is 252 g/mol. The highest BCUT2D eigenvalue weighted by atomic mass is 16.1. The van der Waals surface area contributed by atoms with Crippen LogP contribution in [-0.2, 0) is 6.54 Å². The number of hydrogen-bond donors (Lipinski definition) is 1. The zero-order valence-corrected chi connectivity index (χ0v) is 10.2. The molecule has 2 aromatic heterocycles. The lowest BCUT2D eigenvalue weighted by molar-refractivity contribution is 0.0952. The van der Waals surface area contributed by atoms with Crippen molar-refractivity contribution in [2.24, 2.45) is 0 Å². The molecule has 5 nitrogen and oxygen atoms in total. The first kappa shape index (κ1) is 11.4. The summed E-state index contributed by atoms with van der Waals surface area (Å²) in [4.78, 5) is 16.2. The molecule has 1 aromatic carbocycles. The van der Waals surface area contributed by atoms with Crippen LogP contribution in [0.25, 0.3) is 5.65 Å². The van der Waals surface area contributed by atoms with Crippen molar-refractivity contribution in [1.82, 2.24) is 19.9 Å². The van der Waals surface area contributed by atoms with Crippen LogP contribution in [0.5, 0.6) is 0 Å². The van der Waals surface area contributed by atoms with Gasteiger partial charge >= 0.3 is 0 Å². The smallest absolute Gasteiger partial charge is 0.257 e. The van der Waals surface area contributed by atoms with Gasteiger partial charge in [0, 0.05) is 18.9 Å². The van der Waals surface area contributed by atoms with Gasteiger partial charge in [0.15, 0.2) is 5.65 Å². The van der Waals surface area contributed by atoms with Gasteiger partial charge in [-0.15, -0.1) is 0 Å². The van der Waals surface area contributed by atoms with E-state index in [1.54, 1.807) is 23.0 Å². The van der Waals surface area contributed by atoms with Gasteiger partial charge in [-0.1, -0.05) is 30.3 Å². The molecule has 94 valence electrons. The molecule has 5 heteroatoms. The topological polar surface area (TPSA) is 59.3 Å². The maximum Gasteiger partial charge on any atom is 0.257 e. The molecule has 2 heterocycles. The minimum Gasteiger partial charge on any atom is -0.348 e. The van der Waals surface area contributed by atoms with Crippen LogP contribution in [0.1, 0.15) is 15.9 Å². The zero-order valence-electron chi connectivity index (χ0n) is 10.2. The predicted molar refractivity (Wildman–Crippen MR) is 70.6 cm³/mol. The average Bonchev–Trinajstić information content (AvgIpc) is 2.90. The third-order valence-electron chi connectivity index (χ3n) is 2.82. The number of fused-ring (bicyclic) bond motifs is 1. The van der Waals surface area contributed by atoms with Gasteiger partial charge in [0.2, 0.25) is 0 Å². The van der Waals surface area contributed by atoms with E-state index in [-0.39, 0.29) is 5.91 Å². The Kier molecular flexibility index (Phi) is 2.94. The van der Waals surface area contributed by atoms with Crippen LogP contribution >= 0.6 is 0 Å². The lowest BCUT2D eigenvalue weighted by atomic mass is 10.2. The Labute approximate surface area is 109 Å². The van der Waals surface area contributed by atoms with E-state index in [1.807, 2.05) is 30.3 Å². The van der Waals surface area contributed by atoms with Crippen LogP contribution in [0.4, 0.5) is 0 Å². The van der Waals surface area contributed by atoms with Gasteiger partial charge in [0.05, 0.1) is 6.20 Å². The monoisotopic (exact) mass is 252 g/mol. The van der Waals surface area contributed by atoms with E-state index in [1.165, 1.54) is 6.20 Å². The van der Waals surface area contributed by atoms with Gasteiger partial charge < -0.3 is 5.32 Å². The van der Waals surface area contributed by atoms with Crippen LogP contribution in [0.2, 0.25) is 0 Å². The molecule has 3 rings (SSSR count). The Morgan fingerprint density at radius 1 is 1.21 bits per heavy atom. The highest BCUT2D eigenvalue weighted by Gasteiger charge is 2.12. The number of carbonyl (C=O) groups is 1. The molecular weight excluding hydrogens is 240 g/mol. The molecule has 0 bridgehead atoms. The number of nitrogens with zero attached hydrogens (tertiary/aromatic N) is 3. The van der Waals surface area contributed by atoms with E-state index in [4.69, 9.17) is 0 Å². The van der Waals surface area contributed by atoms with Crippen molar-refractivity contribution < 1.29 is 4.79 Å². The second kappa shape index (κ2) is 4.89. The Hall–Kier alpha value is -2.69. The molecule has 3 aromatic rings. The molecule has 0 aliphatic heterocycles. The number of carbonyl (C=O) groups excluding carboxylic acids is 1. The summed E-state index contributed by atoms with van der Waals surface area (Å²) in [5.74, 6) is -0.169. The number of rotatable bonds is 3. The van der Waals surface area contributed by atoms with Crippen LogP contribution in [0.3, 0.4) is 0 Å². The van der Waals surface area contributed by atoms with Crippen LogP contribution in [0.15, 0.2) is 55.0 Å². The number of benzene rings is 1. The lowest BCUT2D eigenvalue weighted by Crippen LogP contribution is -2.22. The van der Waals surface area contributed by atoms with Gasteiger partial charge in [-0.25, -0.2) is 9.50 Å². The van der Waals surface area contributed by atoms with Crippen molar-refractivity contribution in [3.63, 3.8) is 0 Å². The Bertz CT molecular complexity index is 706. The Morgan fingerprint density at radius 3 is 2.89 bits per heavy atom. The molecule has 0 aliphatic carbocycles. The summed E-state index contributed by atoms with van der Waals surface area (Å²) in [6.45, 7) is 0.490. The number of hydrogen-bond acceptors (Lipinski definition) is 3. The van der Waals surface area contributed by atoms with Crippen molar-refractivity contribution in [3.05, 3.63) is 66.1 Å². The first-order valence-corrected chi connectivity index (χ1v) is 5.95. The van der Waals surface area contributed by atoms with Crippen LogP contribution < -0.4 is 5.32 Å². The Balaban J connectivity index is 1.77. The molecular formula is C14H12N4O. The molecule has 0 saturated heterocycles. The minimum absolute atomic E-state index is 0.169. The molecule has 0 fully saturated rings. The van der Waals surface area contributed by atoms with Crippen LogP contribution in [-0.4, -0.2) is 20.5 Å². The van der Waals surface area contributed by atoms with Crippen LogP contribution in [0, 0.1) is 0 Å². The van der Waals surface area contributed by atoms with Gasteiger partial charge in [0.1, 0.15) is 5.56 Å². The molecule has 0 unspecified atom stereocenters. The Morgan fingerprint density at radius 2 is 2.05 bits per heavy atom. The van der Waals surface area contributed by atoms with Crippen molar-refractivity contribution in [2.45, 2.75) is 6.54 Å². The normalized spacial score (nSPS) is 10.5. The van der Waals surface area contributed by atoms with Crippen molar-refractivity contribution in [1.29, 1.82) is 0 Å². The largest absolute Gasteiger partial charge is 0.348 e. The van der Waals surface area contributed by atoms with E-state index in [9.17, 15) is 4.79 Å². The van der Waals surface area contributed by atoms with Gasteiger partial charge in [-0.05, 0) is 11.6 Å². The minimum atomic E-state index is -0.169. The van der Waals surface area contributed by atoms with E-state index >= 15 is 0 Å². The fraction of sp³-hybridized carbons (Fsp3) is 0.0714. The third kappa shape index (κ3) is 2.30. The lowest BCUT2D eigenvalue weighted by Gasteiger charge is -2.03. The predicted octanol–water partition coefficient (Wildman–Crippen LogP) is 1.66. The highest BCUT2D eigenvalue weighted by Crippen LogP contribution is 2.07. The number of nitrogens with one attached hydrogen (secondary N) is 1. The quantitative estimate of drug-likeness (QED) is 0.771. The summed E-state index contributed by atoms with van der Waals surface area (Å²) in [7, 11) is 0. The van der Waals surface area contributed by atoms with E-state index < -0.39 is 0 Å². The van der Waals surface area contributed by atoms with Crippen molar-refractivity contribution in [2.75, 3.05) is 0 Å². The third-order valence-corrected chi connectivity index (χ3v) is 2.82. The van der Waals surface area contributed by atoms with E-state index in [2.05, 4.69) is 15.4 Å². The van der Waals surface area contributed by atoms with Gasteiger partial charge in [-0.3, -0.25) is 4.79 Å². The maximum absolute atomic E-state index is 12.1. The van der Waals surface area contributed by atoms with Crippen molar-refractivity contribution >= 4 is 11.6 Å². The number of aromatic nitrogens is 3. The summed E-state index contributed by atoms with van der Waals surface area (Å²) < 4.78 is 1.58. The van der Waals surface area contributed by atoms with Gasteiger partial charge in [0.25, 0.3) is 5.91 Å². The maximum atomic E-state index is 12.1. The molecule has 0 aliphatic rings. The highest BCUT2D eigenvalue weighted by molar-refractivity contribution is 5.99. The first-order valence-electron chi connectivity index (χ1n) is 5.95. The SMILES string of the molecule is O=C(NCc1ccccc1)c1cnn2cccnc12. The standard InChI is InChI=1S/C14H12N4O/c19-14(16-9-11-5-2-1-3-6-11)12-10-17-18-8-4-7-15-13(12)18/h1-8,10H,9H2,(H,16,19). The summed E-state index contributed by atoms with van der Waals surface area (Å²) >= 11 is 0. The summed E-state index contributed by atoms with van der Waals surface area (Å²) in [5.41, 5.74) is 2.10. The molecule has 19 heavy (non-hydrogen) atoms. The fourth-order valence-corrected chi connectivity index (χ4v) is 1.86. The summed E-state index contributed by atoms with van der Waals surface area (Å²) in [5, 5.41) is 6.95. The molecule has 1 N–H and O–H groups in total.